The number of nitrogens with zero attached hydrogens (tertiary/aromatic N) is 3. The van der Waals surface area contributed by atoms with E-state index in [-0.39, 0.29) is 0 Å². The van der Waals surface area contributed by atoms with E-state index in [1.165, 1.54) is 0 Å². The Labute approximate surface area is 90.0 Å². The Morgan fingerprint density at radius 2 is 2.13 bits per heavy atom. The van der Waals surface area contributed by atoms with Gasteiger partial charge >= 0.3 is 0 Å². The van der Waals surface area contributed by atoms with E-state index in [1.807, 2.05) is 13.1 Å². The fourth-order valence-corrected chi connectivity index (χ4v) is 1.74. The molecule has 0 amide bonds. The Morgan fingerprint density at radius 3 is 2.80 bits per heavy atom. The Morgan fingerprint density at radius 1 is 1.40 bits per heavy atom. The maximum Gasteiger partial charge on any atom is 0.172 e. The number of likely N-dealkylation sites (N-methyl/N-ethyl adjacent to an activating group) is 1. The first-order valence-corrected chi connectivity index (χ1v) is 5.33. The molecular weight excluding hydrogens is 192 g/mol. The van der Waals surface area contributed by atoms with E-state index in [4.69, 9.17) is 4.52 Å². The quantitative estimate of drug-likeness (QED) is 0.769. The van der Waals surface area contributed by atoms with E-state index in [2.05, 4.69) is 27.3 Å². The number of piperazine rings is 1. The van der Waals surface area contributed by atoms with Crippen molar-refractivity contribution in [1.82, 2.24) is 15.4 Å². The van der Waals surface area contributed by atoms with Crippen molar-refractivity contribution in [2.45, 2.75) is 6.54 Å². The summed E-state index contributed by atoms with van der Waals surface area (Å²) in [4.78, 5) is 4.59. The van der Waals surface area contributed by atoms with Gasteiger partial charge in [-0.15, -0.1) is 0 Å². The number of nitrogens with one attached hydrogen (secondary N) is 1. The largest absolute Gasteiger partial charge is 0.358 e. The first-order chi connectivity index (χ1) is 7.29. The van der Waals surface area contributed by atoms with E-state index in [0.717, 1.165) is 44.3 Å². The van der Waals surface area contributed by atoms with Gasteiger partial charge in [0.1, 0.15) is 0 Å². The molecular formula is C10H18N4O. The van der Waals surface area contributed by atoms with Crippen LogP contribution in [0.3, 0.4) is 0 Å². The lowest BCUT2D eigenvalue weighted by Gasteiger charge is -2.31. The highest BCUT2D eigenvalue weighted by Crippen LogP contribution is 2.15. The number of anilines is 1. The Balaban J connectivity index is 1.96. The summed E-state index contributed by atoms with van der Waals surface area (Å²) in [6, 6.07) is 2.02. The lowest BCUT2D eigenvalue weighted by Crippen LogP contribution is -2.44. The van der Waals surface area contributed by atoms with Gasteiger partial charge in [-0.1, -0.05) is 5.16 Å². The topological polar surface area (TPSA) is 44.5 Å². The fraction of sp³-hybridized carbons (Fsp3) is 0.700. The van der Waals surface area contributed by atoms with Crippen LogP contribution in [0, 0.1) is 0 Å². The van der Waals surface area contributed by atoms with Gasteiger partial charge in [0.2, 0.25) is 0 Å². The molecule has 0 unspecified atom stereocenters. The van der Waals surface area contributed by atoms with Crippen molar-refractivity contribution < 1.29 is 4.52 Å². The number of rotatable bonds is 3. The average Bonchev–Trinajstić information content (AvgIpc) is 2.68. The van der Waals surface area contributed by atoms with Crippen LogP contribution in [0.15, 0.2) is 10.6 Å². The third-order valence-electron chi connectivity index (χ3n) is 2.72. The van der Waals surface area contributed by atoms with Crippen LogP contribution < -0.4 is 10.2 Å². The van der Waals surface area contributed by atoms with E-state index in [9.17, 15) is 0 Å². The summed E-state index contributed by atoms with van der Waals surface area (Å²) in [5.41, 5.74) is 0. The highest BCUT2D eigenvalue weighted by atomic mass is 16.5. The summed E-state index contributed by atoms with van der Waals surface area (Å²) in [6.45, 7) is 4.98. The summed E-state index contributed by atoms with van der Waals surface area (Å²) >= 11 is 0. The maximum atomic E-state index is 5.22. The third kappa shape index (κ3) is 2.49. The van der Waals surface area contributed by atoms with E-state index in [1.54, 1.807) is 0 Å². The van der Waals surface area contributed by atoms with Gasteiger partial charge in [0.15, 0.2) is 11.6 Å². The number of aromatic nitrogens is 1. The van der Waals surface area contributed by atoms with Gasteiger partial charge in [-0.25, -0.2) is 0 Å². The first kappa shape index (κ1) is 10.4. The van der Waals surface area contributed by atoms with Crippen molar-refractivity contribution in [3.05, 3.63) is 11.8 Å². The van der Waals surface area contributed by atoms with Gasteiger partial charge < -0.3 is 19.6 Å². The molecule has 0 atom stereocenters. The fourth-order valence-electron chi connectivity index (χ4n) is 1.74. The molecule has 1 saturated heterocycles. The lowest BCUT2D eigenvalue weighted by molar-refractivity contribution is 0.308. The standard InChI is InChI=1S/C10H18N4O/c1-11-8-9-7-10(12-15-9)14-5-3-13(2)4-6-14/h7,11H,3-6,8H2,1-2H3. The minimum Gasteiger partial charge on any atom is -0.358 e. The SMILES string of the molecule is CNCc1cc(N2CCN(C)CC2)no1. The molecule has 0 spiro atoms. The lowest BCUT2D eigenvalue weighted by atomic mass is 10.3. The summed E-state index contributed by atoms with van der Waals surface area (Å²) in [5, 5.41) is 7.12. The molecule has 1 aromatic heterocycles. The summed E-state index contributed by atoms with van der Waals surface area (Å²) in [7, 11) is 4.05. The van der Waals surface area contributed by atoms with E-state index >= 15 is 0 Å². The number of hydrogen-bond acceptors (Lipinski definition) is 5. The van der Waals surface area contributed by atoms with Gasteiger partial charge in [0.25, 0.3) is 0 Å². The maximum absolute atomic E-state index is 5.22. The van der Waals surface area contributed by atoms with Crippen LogP contribution in [0.5, 0.6) is 0 Å². The second-order valence-electron chi connectivity index (χ2n) is 3.97. The second kappa shape index (κ2) is 4.63. The molecule has 5 nitrogen and oxygen atoms in total. The molecule has 84 valence electrons. The molecule has 1 aliphatic rings. The molecule has 0 saturated carbocycles. The Kier molecular flexibility index (Phi) is 3.23. The van der Waals surface area contributed by atoms with E-state index in [0.29, 0.717) is 0 Å². The monoisotopic (exact) mass is 210 g/mol. The Hall–Kier alpha value is -1.07. The van der Waals surface area contributed by atoms with Crippen LogP contribution >= 0.6 is 0 Å². The summed E-state index contributed by atoms with van der Waals surface area (Å²) < 4.78 is 5.22. The van der Waals surface area contributed by atoms with Crippen molar-refractivity contribution in [3.63, 3.8) is 0 Å². The van der Waals surface area contributed by atoms with Crippen molar-refractivity contribution in [3.8, 4) is 0 Å². The molecule has 0 aliphatic carbocycles. The molecule has 2 heterocycles. The summed E-state index contributed by atoms with van der Waals surface area (Å²) in [5.74, 6) is 1.86. The van der Waals surface area contributed by atoms with Crippen molar-refractivity contribution in [1.29, 1.82) is 0 Å². The van der Waals surface area contributed by atoms with Gasteiger partial charge in [-0.2, -0.15) is 0 Å². The molecule has 0 bridgehead atoms. The second-order valence-corrected chi connectivity index (χ2v) is 3.97. The van der Waals surface area contributed by atoms with Crippen LogP contribution in [0.25, 0.3) is 0 Å². The van der Waals surface area contributed by atoms with Crippen LogP contribution in [-0.4, -0.2) is 50.3 Å². The first-order valence-electron chi connectivity index (χ1n) is 5.33. The zero-order valence-electron chi connectivity index (χ0n) is 9.36. The molecule has 1 aliphatic heterocycles. The highest BCUT2D eigenvalue weighted by molar-refractivity contribution is 5.38. The van der Waals surface area contributed by atoms with Crippen LogP contribution in [0.2, 0.25) is 0 Å². The molecule has 2 rings (SSSR count). The van der Waals surface area contributed by atoms with Gasteiger partial charge in [0.05, 0.1) is 6.54 Å². The van der Waals surface area contributed by atoms with Gasteiger partial charge in [-0.05, 0) is 14.1 Å². The van der Waals surface area contributed by atoms with Crippen molar-refractivity contribution >= 4 is 5.82 Å². The summed E-state index contributed by atoms with van der Waals surface area (Å²) in [6.07, 6.45) is 0. The van der Waals surface area contributed by atoms with Crippen LogP contribution in [0.4, 0.5) is 5.82 Å². The van der Waals surface area contributed by atoms with Crippen LogP contribution in [0.1, 0.15) is 5.76 Å². The predicted molar refractivity (Wildman–Crippen MR) is 59.0 cm³/mol. The average molecular weight is 210 g/mol. The predicted octanol–water partition coefficient (Wildman–Crippen LogP) is 0.146. The van der Waals surface area contributed by atoms with Crippen LogP contribution in [-0.2, 0) is 6.54 Å². The molecule has 5 heteroatoms. The van der Waals surface area contributed by atoms with E-state index < -0.39 is 0 Å². The zero-order chi connectivity index (χ0) is 10.7. The number of hydrogen-bond donors (Lipinski definition) is 1. The van der Waals surface area contributed by atoms with Crippen molar-refractivity contribution in [2.24, 2.45) is 0 Å². The molecule has 1 N–H and O–H groups in total. The van der Waals surface area contributed by atoms with Gasteiger partial charge in [0, 0.05) is 32.2 Å². The Bertz CT molecular complexity index is 304. The third-order valence-corrected chi connectivity index (χ3v) is 2.72. The zero-order valence-corrected chi connectivity index (χ0v) is 9.36. The van der Waals surface area contributed by atoms with Crippen molar-refractivity contribution in [2.75, 3.05) is 45.2 Å². The molecule has 1 fully saturated rings. The minimum absolute atomic E-state index is 0.737. The molecule has 0 radical (unpaired) electrons. The molecule has 1 aromatic rings. The minimum atomic E-state index is 0.737. The molecule has 15 heavy (non-hydrogen) atoms. The highest BCUT2D eigenvalue weighted by Gasteiger charge is 2.17. The van der Waals surface area contributed by atoms with Gasteiger partial charge in [-0.3, -0.25) is 0 Å². The smallest absolute Gasteiger partial charge is 0.172 e. The normalized spacial score (nSPS) is 18.4. The molecule has 0 aromatic carbocycles.